The Morgan fingerprint density at radius 1 is 1.23 bits per heavy atom. The highest BCUT2D eigenvalue weighted by Gasteiger charge is 2.17. The van der Waals surface area contributed by atoms with Gasteiger partial charge in [-0.05, 0) is 34.1 Å². The molecule has 0 unspecified atom stereocenters. The smallest absolute Gasteiger partial charge is 0.270 e. The number of hydrogen-bond acceptors (Lipinski definition) is 4. The first-order chi connectivity index (χ1) is 10.6. The number of nitrogens with zero attached hydrogens (tertiary/aromatic N) is 1. The fourth-order valence-electron chi connectivity index (χ4n) is 2.06. The monoisotopic (exact) mass is 360 g/mol. The van der Waals surface area contributed by atoms with Crippen molar-refractivity contribution >= 4 is 44.2 Å². The van der Waals surface area contributed by atoms with Crippen molar-refractivity contribution in [2.75, 3.05) is 5.32 Å². The number of nitrogens with one attached hydrogen (secondary N) is 1. The molecule has 0 saturated carbocycles. The Bertz CT molecular complexity index is 888. The highest BCUT2D eigenvalue weighted by Crippen LogP contribution is 2.27. The molecule has 3 rings (SSSR count). The predicted molar refractivity (Wildman–Crippen MR) is 85.0 cm³/mol. The third kappa shape index (κ3) is 2.58. The van der Waals surface area contributed by atoms with Gasteiger partial charge in [-0.3, -0.25) is 14.9 Å². The fourth-order valence-corrected chi connectivity index (χ4v) is 2.44. The molecule has 0 radical (unpaired) electrons. The summed E-state index contributed by atoms with van der Waals surface area (Å²) in [7, 11) is 0. The second-order valence-electron chi connectivity index (χ2n) is 4.52. The Hall–Kier alpha value is -2.67. The molecule has 7 heteroatoms. The summed E-state index contributed by atoms with van der Waals surface area (Å²) >= 11 is 3.34. The summed E-state index contributed by atoms with van der Waals surface area (Å²) in [5.41, 5.74) is 1.17. The summed E-state index contributed by atoms with van der Waals surface area (Å²) in [5, 5.41) is 14.0. The highest BCUT2D eigenvalue weighted by molar-refractivity contribution is 9.10. The van der Waals surface area contributed by atoms with Crippen LogP contribution in [0.15, 0.2) is 57.6 Å². The minimum absolute atomic E-state index is 0.0937. The van der Waals surface area contributed by atoms with Gasteiger partial charge in [0.05, 0.1) is 16.2 Å². The van der Waals surface area contributed by atoms with Crippen LogP contribution < -0.4 is 5.32 Å². The summed E-state index contributed by atoms with van der Waals surface area (Å²) in [6.07, 6.45) is 1.29. The number of nitro benzene ring substituents is 1. The average molecular weight is 361 g/mol. The second-order valence-corrected chi connectivity index (χ2v) is 5.38. The third-order valence-corrected chi connectivity index (χ3v) is 3.83. The van der Waals surface area contributed by atoms with Crippen LogP contribution >= 0.6 is 15.9 Å². The Kier molecular flexibility index (Phi) is 3.64. The SMILES string of the molecule is O=C(Nc1ccccc1Br)c1coc2ccc([N+](=O)[O-])cc12. The van der Waals surface area contributed by atoms with Crippen LogP contribution in [0.3, 0.4) is 0 Å². The van der Waals surface area contributed by atoms with Crippen molar-refractivity contribution in [3.63, 3.8) is 0 Å². The number of carbonyl (C=O) groups is 1. The molecule has 22 heavy (non-hydrogen) atoms. The lowest BCUT2D eigenvalue weighted by Gasteiger charge is -2.05. The minimum Gasteiger partial charge on any atom is -0.463 e. The number of rotatable bonds is 3. The van der Waals surface area contributed by atoms with Gasteiger partial charge < -0.3 is 9.73 Å². The Balaban J connectivity index is 1.99. The van der Waals surface area contributed by atoms with E-state index in [9.17, 15) is 14.9 Å². The lowest BCUT2D eigenvalue weighted by atomic mass is 10.1. The van der Waals surface area contributed by atoms with Crippen LogP contribution in [0.5, 0.6) is 0 Å². The lowest BCUT2D eigenvalue weighted by molar-refractivity contribution is -0.384. The molecule has 0 aliphatic heterocycles. The van der Waals surface area contributed by atoms with Gasteiger partial charge in [0.1, 0.15) is 11.8 Å². The molecule has 0 aliphatic carbocycles. The third-order valence-electron chi connectivity index (χ3n) is 3.13. The molecule has 3 aromatic rings. The Morgan fingerprint density at radius 3 is 2.73 bits per heavy atom. The van der Waals surface area contributed by atoms with E-state index >= 15 is 0 Å². The van der Waals surface area contributed by atoms with Crippen LogP contribution in [0.4, 0.5) is 11.4 Å². The normalized spacial score (nSPS) is 10.6. The van der Waals surface area contributed by atoms with Gasteiger partial charge >= 0.3 is 0 Å². The van der Waals surface area contributed by atoms with E-state index in [4.69, 9.17) is 4.42 Å². The molecule has 0 saturated heterocycles. The summed E-state index contributed by atoms with van der Waals surface area (Å²) < 4.78 is 6.02. The van der Waals surface area contributed by atoms with E-state index in [0.717, 1.165) is 4.47 Å². The van der Waals surface area contributed by atoms with E-state index in [2.05, 4.69) is 21.2 Å². The van der Waals surface area contributed by atoms with Crippen molar-refractivity contribution in [2.45, 2.75) is 0 Å². The van der Waals surface area contributed by atoms with Crippen molar-refractivity contribution < 1.29 is 14.1 Å². The van der Waals surface area contributed by atoms with Crippen LogP contribution in [-0.4, -0.2) is 10.8 Å². The standard InChI is InChI=1S/C15H9BrN2O4/c16-12-3-1-2-4-13(12)17-15(19)11-8-22-14-6-5-9(18(20)21)7-10(11)14/h1-8H,(H,17,19). The zero-order valence-electron chi connectivity index (χ0n) is 11.1. The quantitative estimate of drug-likeness (QED) is 0.555. The Morgan fingerprint density at radius 2 is 2.00 bits per heavy atom. The van der Waals surface area contributed by atoms with Gasteiger partial charge in [0.25, 0.3) is 11.6 Å². The first kappa shape index (κ1) is 14.3. The van der Waals surface area contributed by atoms with Crippen molar-refractivity contribution in [2.24, 2.45) is 0 Å². The first-order valence-electron chi connectivity index (χ1n) is 6.28. The van der Waals surface area contributed by atoms with Gasteiger partial charge in [-0.25, -0.2) is 0 Å². The van der Waals surface area contributed by atoms with E-state index in [0.29, 0.717) is 16.7 Å². The molecule has 0 spiro atoms. The number of nitro groups is 1. The number of furan rings is 1. The molecule has 1 aromatic heterocycles. The molecule has 6 nitrogen and oxygen atoms in total. The minimum atomic E-state index is -0.512. The molecule has 1 heterocycles. The van der Waals surface area contributed by atoms with Crippen LogP contribution in [-0.2, 0) is 0 Å². The van der Waals surface area contributed by atoms with E-state index in [1.807, 2.05) is 6.07 Å². The number of halogens is 1. The molecule has 0 fully saturated rings. The van der Waals surface area contributed by atoms with Crippen LogP contribution in [0, 0.1) is 10.1 Å². The van der Waals surface area contributed by atoms with Crippen molar-refractivity contribution in [1.82, 2.24) is 0 Å². The van der Waals surface area contributed by atoms with Gasteiger partial charge in [0, 0.05) is 22.0 Å². The number of amides is 1. The molecule has 0 atom stereocenters. The van der Waals surface area contributed by atoms with Gasteiger partial charge in [0.15, 0.2) is 0 Å². The van der Waals surface area contributed by atoms with E-state index in [1.54, 1.807) is 18.2 Å². The van der Waals surface area contributed by atoms with Crippen molar-refractivity contribution in [3.8, 4) is 0 Å². The van der Waals surface area contributed by atoms with E-state index < -0.39 is 10.8 Å². The number of benzene rings is 2. The molecule has 0 aliphatic rings. The molecular weight excluding hydrogens is 352 g/mol. The predicted octanol–water partition coefficient (Wildman–Crippen LogP) is 4.36. The van der Waals surface area contributed by atoms with Gasteiger partial charge in [0.2, 0.25) is 0 Å². The first-order valence-corrected chi connectivity index (χ1v) is 7.07. The van der Waals surface area contributed by atoms with Gasteiger partial charge in [-0.1, -0.05) is 12.1 Å². The molecule has 110 valence electrons. The molecular formula is C15H9BrN2O4. The largest absolute Gasteiger partial charge is 0.463 e. The van der Waals surface area contributed by atoms with Crippen LogP contribution in [0.1, 0.15) is 10.4 Å². The summed E-state index contributed by atoms with van der Waals surface area (Å²) in [5.74, 6) is -0.397. The number of para-hydroxylation sites is 1. The Labute approximate surface area is 133 Å². The number of non-ortho nitro benzene ring substituents is 1. The van der Waals surface area contributed by atoms with Crippen LogP contribution in [0.25, 0.3) is 11.0 Å². The molecule has 0 bridgehead atoms. The summed E-state index contributed by atoms with van der Waals surface area (Å²) in [4.78, 5) is 22.7. The summed E-state index contributed by atoms with van der Waals surface area (Å²) in [6, 6.07) is 11.3. The number of carbonyl (C=O) groups excluding carboxylic acids is 1. The number of hydrogen-bond donors (Lipinski definition) is 1. The number of fused-ring (bicyclic) bond motifs is 1. The zero-order chi connectivity index (χ0) is 15.7. The van der Waals surface area contributed by atoms with Crippen molar-refractivity contribution in [1.29, 1.82) is 0 Å². The average Bonchev–Trinajstić information content (AvgIpc) is 2.92. The maximum atomic E-state index is 12.4. The van der Waals surface area contributed by atoms with Gasteiger partial charge in [-0.2, -0.15) is 0 Å². The van der Waals surface area contributed by atoms with Gasteiger partial charge in [-0.15, -0.1) is 0 Å². The lowest BCUT2D eigenvalue weighted by Crippen LogP contribution is -2.11. The maximum Gasteiger partial charge on any atom is 0.270 e. The van der Waals surface area contributed by atoms with Crippen LogP contribution in [0.2, 0.25) is 0 Å². The second kappa shape index (κ2) is 5.61. The maximum absolute atomic E-state index is 12.4. The highest BCUT2D eigenvalue weighted by atomic mass is 79.9. The summed E-state index contributed by atoms with van der Waals surface area (Å²) in [6.45, 7) is 0. The molecule has 1 N–H and O–H groups in total. The number of anilines is 1. The molecule has 2 aromatic carbocycles. The van der Waals surface area contributed by atoms with Crippen molar-refractivity contribution in [3.05, 3.63) is 68.9 Å². The fraction of sp³-hybridized carbons (Fsp3) is 0. The van der Waals surface area contributed by atoms with E-state index in [1.165, 1.54) is 24.5 Å². The topological polar surface area (TPSA) is 85.4 Å². The van der Waals surface area contributed by atoms with E-state index in [-0.39, 0.29) is 11.3 Å². The molecule has 1 amide bonds. The zero-order valence-corrected chi connectivity index (χ0v) is 12.7.